The van der Waals surface area contributed by atoms with Crippen LogP contribution in [0.4, 0.5) is 5.69 Å². The van der Waals surface area contributed by atoms with E-state index in [1.54, 1.807) is 19.1 Å². The van der Waals surface area contributed by atoms with Gasteiger partial charge in [0, 0.05) is 30.8 Å². The maximum atomic E-state index is 13.6. The van der Waals surface area contributed by atoms with E-state index in [0.29, 0.717) is 5.75 Å². The van der Waals surface area contributed by atoms with E-state index in [-0.39, 0.29) is 42.1 Å². The van der Waals surface area contributed by atoms with Crippen molar-refractivity contribution < 1.29 is 37.6 Å². The maximum Gasteiger partial charge on any atom is 0.305 e. The number of carbonyl (C=O) groups excluding carboxylic acids is 2. The topological polar surface area (TPSA) is 176 Å². The number of sulfonamides is 1. The lowest BCUT2D eigenvalue weighted by Crippen LogP contribution is -2.54. The second-order valence-electron chi connectivity index (χ2n) is 8.54. The molecular formula is C24H28N4O9S. The van der Waals surface area contributed by atoms with E-state index in [9.17, 15) is 38.0 Å². The molecule has 0 radical (unpaired) electrons. The summed E-state index contributed by atoms with van der Waals surface area (Å²) in [6.07, 6.45) is -1.96. The van der Waals surface area contributed by atoms with Gasteiger partial charge in [0.05, 0.1) is 30.2 Å². The third kappa shape index (κ3) is 6.44. The minimum atomic E-state index is -3.96. The highest BCUT2D eigenvalue weighted by Gasteiger charge is 2.46. The number of nitrogens with zero attached hydrogens (tertiary/aromatic N) is 3. The fourth-order valence-electron chi connectivity index (χ4n) is 4.21. The fraction of sp³-hybridized carbons (Fsp3) is 0.375. The van der Waals surface area contributed by atoms with Gasteiger partial charge in [-0.15, -0.1) is 0 Å². The number of nitro groups is 1. The molecule has 0 spiro atoms. The summed E-state index contributed by atoms with van der Waals surface area (Å²) in [6, 6.07) is 10.0. The summed E-state index contributed by atoms with van der Waals surface area (Å²) in [7, 11) is -2.54. The van der Waals surface area contributed by atoms with Gasteiger partial charge < -0.3 is 20.1 Å². The number of aliphatic carboxylic acids is 1. The third-order valence-corrected chi connectivity index (χ3v) is 7.96. The lowest BCUT2D eigenvalue weighted by atomic mass is 10.0. The molecule has 2 unspecified atom stereocenters. The van der Waals surface area contributed by atoms with Crippen LogP contribution in [0.1, 0.15) is 41.7 Å². The second kappa shape index (κ2) is 12.0. The molecule has 2 aromatic rings. The number of carboxylic acids is 1. The molecule has 204 valence electrons. The van der Waals surface area contributed by atoms with Gasteiger partial charge in [-0.05, 0) is 30.2 Å². The van der Waals surface area contributed by atoms with E-state index in [4.69, 9.17) is 4.74 Å². The highest BCUT2D eigenvalue weighted by molar-refractivity contribution is 7.89. The van der Waals surface area contributed by atoms with Crippen molar-refractivity contribution in [1.82, 2.24) is 14.5 Å². The summed E-state index contributed by atoms with van der Waals surface area (Å²) in [5, 5.41) is 23.2. The van der Waals surface area contributed by atoms with E-state index >= 15 is 0 Å². The molecule has 2 N–H and O–H groups in total. The zero-order chi connectivity index (χ0) is 28.0. The Bertz CT molecular complexity index is 1330. The zero-order valence-electron chi connectivity index (χ0n) is 20.8. The predicted molar refractivity (Wildman–Crippen MR) is 135 cm³/mol. The molecule has 3 rings (SSSR count). The molecule has 1 saturated heterocycles. The van der Waals surface area contributed by atoms with Crippen LogP contribution in [-0.4, -0.2) is 77.6 Å². The van der Waals surface area contributed by atoms with Crippen LogP contribution in [0.5, 0.6) is 5.75 Å². The Kier molecular flexibility index (Phi) is 9.01. The number of rotatable bonds is 11. The Morgan fingerprint density at radius 1 is 1.18 bits per heavy atom. The monoisotopic (exact) mass is 548 g/mol. The number of nitro benzene ring substituents is 1. The number of nitrogens with one attached hydrogen (secondary N) is 1. The first kappa shape index (κ1) is 28.5. The van der Waals surface area contributed by atoms with Crippen LogP contribution in [0.25, 0.3) is 0 Å². The lowest BCUT2D eigenvalue weighted by Gasteiger charge is -2.30. The van der Waals surface area contributed by atoms with E-state index < -0.39 is 51.4 Å². The SMILES string of the molecule is CCCS(=O)(=O)N1CCN(C(=O)c2cccc(OC)c2)C1C(=O)NC(CC(=O)O)c1cccc([N+](=O)[O-])c1. The molecule has 13 nitrogen and oxygen atoms in total. The van der Waals surface area contributed by atoms with Crippen LogP contribution in [-0.2, 0) is 19.6 Å². The number of non-ortho nitro benzene ring substituents is 1. The molecule has 2 amide bonds. The number of ether oxygens (including phenoxy) is 1. The van der Waals surface area contributed by atoms with E-state index in [2.05, 4.69) is 5.32 Å². The average Bonchev–Trinajstić information content (AvgIpc) is 3.34. The van der Waals surface area contributed by atoms with Gasteiger partial charge in [0.1, 0.15) is 5.75 Å². The van der Waals surface area contributed by atoms with Crippen molar-refractivity contribution in [3.05, 3.63) is 69.8 Å². The van der Waals surface area contributed by atoms with Crippen molar-refractivity contribution in [3.8, 4) is 5.75 Å². The Labute approximate surface area is 219 Å². The van der Waals surface area contributed by atoms with E-state index in [0.717, 1.165) is 15.3 Å². The smallest absolute Gasteiger partial charge is 0.305 e. The van der Waals surface area contributed by atoms with Gasteiger partial charge in [0.2, 0.25) is 10.0 Å². The van der Waals surface area contributed by atoms with Gasteiger partial charge >= 0.3 is 5.97 Å². The van der Waals surface area contributed by atoms with Gasteiger partial charge in [0.25, 0.3) is 17.5 Å². The van der Waals surface area contributed by atoms with Crippen LogP contribution in [0.15, 0.2) is 48.5 Å². The molecule has 0 bridgehead atoms. The highest BCUT2D eigenvalue weighted by Crippen LogP contribution is 2.27. The van der Waals surface area contributed by atoms with Gasteiger partial charge in [-0.1, -0.05) is 25.1 Å². The van der Waals surface area contributed by atoms with Crippen LogP contribution >= 0.6 is 0 Å². The van der Waals surface area contributed by atoms with Crippen molar-refractivity contribution >= 4 is 33.5 Å². The largest absolute Gasteiger partial charge is 0.497 e. The number of hydrogen-bond donors (Lipinski definition) is 2. The Morgan fingerprint density at radius 2 is 1.89 bits per heavy atom. The molecule has 1 heterocycles. The molecule has 2 atom stereocenters. The highest BCUT2D eigenvalue weighted by atomic mass is 32.2. The van der Waals surface area contributed by atoms with Crippen molar-refractivity contribution in [3.63, 3.8) is 0 Å². The Balaban J connectivity index is 2.00. The Morgan fingerprint density at radius 3 is 2.53 bits per heavy atom. The molecule has 0 saturated carbocycles. The van der Waals surface area contributed by atoms with E-state index in [1.165, 1.54) is 37.4 Å². The quantitative estimate of drug-likeness (QED) is 0.313. The fourth-order valence-corrected chi connectivity index (χ4v) is 5.83. The standard InChI is InChI=1S/C24H28N4O9S/c1-3-12-38(35,36)27-11-10-26(24(32)17-7-5-9-19(14-17)37-2)23(27)22(31)25-20(15-21(29)30)16-6-4-8-18(13-16)28(33)34/h4-9,13-14,20,23H,3,10-12,15H2,1-2H3,(H,25,31)(H,29,30). The lowest BCUT2D eigenvalue weighted by molar-refractivity contribution is -0.384. The molecule has 0 aromatic heterocycles. The van der Waals surface area contributed by atoms with Crippen LogP contribution in [0.2, 0.25) is 0 Å². The first-order chi connectivity index (χ1) is 18.0. The number of benzene rings is 2. The van der Waals surface area contributed by atoms with Crippen LogP contribution in [0.3, 0.4) is 0 Å². The van der Waals surface area contributed by atoms with Crippen LogP contribution in [0, 0.1) is 10.1 Å². The molecule has 1 aliphatic rings. The minimum Gasteiger partial charge on any atom is -0.497 e. The summed E-state index contributed by atoms with van der Waals surface area (Å²) < 4.78 is 32.1. The number of amides is 2. The number of methoxy groups -OCH3 is 1. The minimum absolute atomic E-state index is 0.0858. The van der Waals surface area contributed by atoms with Crippen molar-refractivity contribution in [2.45, 2.75) is 32.0 Å². The average molecular weight is 549 g/mol. The second-order valence-corrected chi connectivity index (χ2v) is 10.6. The van der Waals surface area contributed by atoms with Gasteiger partial charge in [-0.2, -0.15) is 4.31 Å². The molecule has 2 aromatic carbocycles. The summed E-state index contributed by atoms with van der Waals surface area (Å²) in [5.74, 6) is -2.73. The molecule has 1 fully saturated rings. The number of hydrogen-bond acceptors (Lipinski definition) is 8. The third-order valence-electron chi connectivity index (χ3n) is 5.94. The summed E-state index contributed by atoms with van der Waals surface area (Å²) >= 11 is 0. The van der Waals surface area contributed by atoms with E-state index in [1.807, 2.05) is 0 Å². The van der Waals surface area contributed by atoms with Crippen molar-refractivity contribution in [2.75, 3.05) is 26.0 Å². The molecule has 38 heavy (non-hydrogen) atoms. The van der Waals surface area contributed by atoms with Gasteiger partial charge in [0.15, 0.2) is 6.17 Å². The van der Waals surface area contributed by atoms with Crippen molar-refractivity contribution in [1.29, 1.82) is 0 Å². The Hall–Kier alpha value is -4.04. The number of carboxylic acid groups (broad SMARTS) is 1. The molecular weight excluding hydrogens is 520 g/mol. The molecule has 1 aliphatic heterocycles. The number of carbonyl (C=O) groups is 3. The van der Waals surface area contributed by atoms with Crippen molar-refractivity contribution in [2.24, 2.45) is 0 Å². The molecule has 14 heteroatoms. The van der Waals surface area contributed by atoms with Gasteiger partial charge in [-0.3, -0.25) is 24.5 Å². The summed E-state index contributed by atoms with van der Waals surface area (Å²) in [6.45, 7) is 1.43. The summed E-state index contributed by atoms with van der Waals surface area (Å²) in [5.41, 5.74) is -0.00534. The maximum absolute atomic E-state index is 13.6. The molecule has 0 aliphatic carbocycles. The zero-order valence-corrected chi connectivity index (χ0v) is 21.6. The predicted octanol–water partition coefficient (Wildman–Crippen LogP) is 1.76. The van der Waals surface area contributed by atoms with Crippen LogP contribution < -0.4 is 10.1 Å². The first-order valence-corrected chi connectivity index (χ1v) is 13.3. The first-order valence-electron chi connectivity index (χ1n) is 11.7. The van der Waals surface area contributed by atoms with Gasteiger partial charge in [-0.25, -0.2) is 8.42 Å². The normalized spacial score (nSPS) is 16.6. The summed E-state index contributed by atoms with van der Waals surface area (Å²) in [4.78, 5) is 50.2.